The van der Waals surface area contributed by atoms with Gasteiger partial charge in [0.05, 0.1) is 11.7 Å². The highest BCUT2D eigenvalue weighted by Gasteiger charge is 2.41. The van der Waals surface area contributed by atoms with Crippen molar-refractivity contribution in [3.63, 3.8) is 0 Å². The van der Waals surface area contributed by atoms with Gasteiger partial charge in [-0.15, -0.1) is 0 Å². The number of rotatable bonds is 6. The van der Waals surface area contributed by atoms with E-state index in [1.165, 1.54) is 0 Å². The van der Waals surface area contributed by atoms with Crippen LogP contribution in [0, 0.1) is 0 Å². The van der Waals surface area contributed by atoms with E-state index in [2.05, 4.69) is 20.2 Å². The molecule has 1 aliphatic rings. The van der Waals surface area contributed by atoms with Gasteiger partial charge in [0.1, 0.15) is 11.8 Å². The monoisotopic (exact) mass is 478 g/mol. The van der Waals surface area contributed by atoms with Crippen molar-refractivity contribution in [3.05, 3.63) is 107 Å². The zero-order valence-electron chi connectivity index (χ0n) is 16.9. The fourth-order valence-electron chi connectivity index (χ4n) is 3.74. The highest BCUT2D eigenvalue weighted by Crippen LogP contribution is 2.41. The van der Waals surface area contributed by atoms with E-state index in [9.17, 15) is 0 Å². The second-order valence-electron chi connectivity index (χ2n) is 7.33. The normalized spacial score (nSPS) is 18.0. The van der Waals surface area contributed by atoms with Gasteiger partial charge < -0.3 is 14.6 Å². The lowest BCUT2D eigenvalue weighted by atomic mass is 10.0. The van der Waals surface area contributed by atoms with Crippen LogP contribution in [-0.2, 0) is 6.54 Å². The lowest BCUT2D eigenvalue weighted by Crippen LogP contribution is -2.29. The van der Waals surface area contributed by atoms with E-state index in [1.54, 1.807) is 24.2 Å². The second-order valence-corrected chi connectivity index (χ2v) is 9.23. The average molecular weight is 479 g/mol. The first-order chi connectivity index (χ1) is 15.7. The van der Waals surface area contributed by atoms with E-state index in [-0.39, 0.29) is 12.1 Å². The topological polar surface area (TPSA) is 54.2 Å². The summed E-state index contributed by atoms with van der Waals surface area (Å²) in [4.78, 5) is 12.0. The third-order valence-corrected chi connectivity index (χ3v) is 6.73. The molecule has 32 heavy (non-hydrogen) atoms. The summed E-state index contributed by atoms with van der Waals surface area (Å²) in [5, 5.41) is 5.63. The molecular formula is C24H19ClN4OS2. The van der Waals surface area contributed by atoms with Crippen molar-refractivity contribution in [1.29, 1.82) is 0 Å². The van der Waals surface area contributed by atoms with Gasteiger partial charge in [0.15, 0.2) is 10.2 Å². The number of furan rings is 1. The predicted molar refractivity (Wildman–Crippen MR) is 130 cm³/mol. The van der Waals surface area contributed by atoms with Crippen LogP contribution in [0.5, 0.6) is 0 Å². The molecule has 1 fully saturated rings. The molecule has 0 bridgehead atoms. The molecule has 0 amide bonds. The Hall–Kier alpha value is -2.87. The number of hydrogen-bond donors (Lipinski definition) is 1. The summed E-state index contributed by atoms with van der Waals surface area (Å²) in [5.74, 6) is 0.827. The van der Waals surface area contributed by atoms with Gasteiger partial charge in [-0.3, -0.25) is 9.97 Å². The third kappa shape index (κ3) is 4.50. The molecule has 1 aliphatic heterocycles. The van der Waals surface area contributed by atoms with Crippen molar-refractivity contribution in [3.8, 4) is 0 Å². The van der Waals surface area contributed by atoms with E-state index in [1.807, 2.05) is 72.9 Å². The molecule has 0 unspecified atom stereocenters. The zero-order chi connectivity index (χ0) is 21.9. The van der Waals surface area contributed by atoms with E-state index in [0.717, 1.165) is 27.0 Å². The number of nitrogens with zero attached hydrogens (tertiary/aromatic N) is 3. The van der Waals surface area contributed by atoms with Gasteiger partial charge in [-0.05, 0) is 72.4 Å². The molecule has 5 rings (SSSR count). The summed E-state index contributed by atoms with van der Waals surface area (Å²) >= 11 is 13.3. The largest absolute Gasteiger partial charge is 0.452 e. The van der Waals surface area contributed by atoms with E-state index < -0.39 is 0 Å². The van der Waals surface area contributed by atoms with Crippen molar-refractivity contribution < 1.29 is 4.42 Å². The van der Waals surface area contributed by atoms with Crippen LogP contribution in [0.1, 0.15) is 29.1 Å². The van der Waals surface area contributed by atoms with Crippen molar-refractivity contribution >= 4 is 40.7 Å². The van der Waals surface area contributed by atoms with Crippen molar-refractivity contribution in [1.82, 2.24) is 20.2 Å². The quantitative estimate of drug-likeness (QED) is 0.338. The second kappa shape index (κ2) is 9.32. The molecule has 5 nitrogen and oxygen atoms in total. The van der Waals surface area contributed by atoms with E-state index >= 15 is 0 Å². The number of halogens is 1. The van der Waals surface area contributed by atoms with Gasteiger partial charge in [0.2, 0.25) is 0 Å². The third-order valence-electron chi connectivity index (χ3n) is 5.20. The summed E-state index contributed by atoms with van der Waals surface area (Å²) in [6.45, 7) is 0.619. The first-order valence-corrected chi connectivity index (χ1v) is 11.7. The first-order valence-electron chi connectivity index (χ1n) is 10.1. The molecule has 1 saturated heterocycles. The van der Waals surface area contributed by atoms with Crippen LogP contribution in [0.25, 0.3) is 0 Å². The molecule has 4 heterocycles. The summed E-state index contributed by atoms with van der Waals surface area (Å²) < 4.78 is 6.32. The fourth-order valence-corrected chi connectivity index (χ4v) is 4.95. The lowest BCUT2D eigenvalue weighted by Gasteiger charge is -2.26. The highest BCUT2D eigenvalue weighted by molar-refractivity contribution is 7.99. The van der Waals surface area contributed by atoms with Crippen LogP contribution >= 0.6 is 35.6 Å². The number of thiocarbonyl (C=S) groups is 1. The number of aromatic nitrogens is 2. The van der Waals surface area contributed by atoms with Gasteiger partial charge in [0, 0.05) is 35.1 Å². The minimum atomic E-state index is -0.142. The first kappa shape index (κ1) is 21.0. The number of hydrogen-bond acceptors (Lipinski definition) is 5. The minimum absolute atomic E-state index is 0.125. The summed E-state index contributed by atoms with van der Waals surface area (Å²) in [7, 11) is 0. The van der Waals surface area contributed by atoms with Crippen LogP contribution in [0.2, 0.25) is 5.02 Å². The molecule has 2 atom stereocenters. The van der Waals surface area contributed by atoms with Crippen LogP contribution in [0.3, 0.4) is 0 Å². The van der Waals surface area contributed by atoms with Gasteiger partial charge in [-0.25, -0.2) is 0 Å². The van der Waals surface area contributed by atoms with Gasteiger partial charge in [-0.1, -0.05) is 35.5 Å². The van der Waals surface area contributed by atoms with Crippen LogP contribution in [-0.4, -0.2) is 20.0 Å². The van der Waals surface area contributed by atoms with Gasteiger partial charge in [-0.2, -0.15) is 0 Å². The summed E-state index contributed by atoms with van der Waals surface area (Å²) in [6, 6.07) is 21.3. The number of benzene rings is 1. The smallest absolute Gasteiger partial charge is 0.170 e. The Morgan fingerprint density at radius 2 is 1.91 bits per heavy atom. The van der Waals surface area contributed by atoms with Gasteiger partial charge in [0.25, 0.3) is 0 Å². The van der Waals surface area contributed by atoms with Gasteiger partial charge >= 0.3 is 0 Å². The maximum Gasteiger partial charge on any atom is 0.170 e. The Kier molecular flexibility index (Phi) is 6.12. The number of pyridine rings is 2. The number of nitrogens with one attached hydrogen (secondary N) is 1. The highest BCUT2D eigenvalue weighted by atomic mass is 35.5. The molecule has 0 radical (unpaired) electrons. The Balaban J connectivity index is 1.47. The zero-order valence-corrected chi connectivity index (χ0v) is 19.3. The Morgan fingerprint density at radius 3 is 2.66 bits per heavy atom. The van der Waals surface area contributed by atoms with Crippen molar-refractivity contribution in [2.45, 2.75) is 28.6 Å². The van der Waals surface area contributed by atoms with Crippen LogP contribution in [0.4, 0.5) is 0 Å². The molecule has 3 aromatic heterocycles. The SMILES string of the molecule is S=C1N[C@H](c2ccccn2)[C@H](c2ccc(Sc3ccc(Cl)cc3)o2)N1Cc1cccnc1. The molecule has 1 aromatic carbocycles. The predicted octanol–water partition coefficient (Wildman–Crippen LogP) is 6.05. The lowest BCUT2D eigenvalue weighted by molar-refractivity contribution is 0.254. The van der Waals surface area contributed by atoms with E-state index in [0.29, 0.717) is 16.7 Å². The maximum absolute atomic E-state index is 6.32. The van der Waals surface area contributed by atoms with Crippen molar-refractivity contribution in [2.24, 2.45) is 0 Å². The average Bonchev–Trinajstić information content (AvgIpc) is 3.41. The summed E-state index contributed by atoms with van der Waals surface area (Å²) in [5.41, 5.74) is 1.99. The summed E-state index contributed by atoms with van der Waals surface area (Å²) in [6.07, 6.45) is 5.42. The Morgan fingerprint density at radius 1 is 1.03 bits per heavy atom. The molecule has 4 aromatic rings. The molecule has 0 spiro atoms. The molecule has 160 valence electrons. The molecule has 0 saturated carbocycles. The van der Waals surface area contributed by atoms with E-state index in [4.69, 9.17) is 28.2 Å². The standard InChI is InChI=1S/C24H19ClN4OS2/c25-17-6-8-18(9-7-17)32-21-11-10-20(30-21)23-22(19-5-1-2-13-27-19)28-24(31)29(23)15-16-4-3-12-26-14-16/h1-14,22-23H,15H2,(H,28,31)/t22-,23+/m1/s1. The minimum Gasteiger partial charge on any atom is -0.452 e. The molecule has 8 heteroatoms. The molecule has 1 N–H and O–H groups in total. The van der Waals surface area contributed by atoms with Crippen LogP contribution in [0.15, 0.2) is 99.7 Å². The maximum atomic E-state index is 6.32. The van der Waals surface area contributed by atoms with Crippen LogP contribution < -0.4 is 5.32 Å². The molecular weight excluding hydrogens is 460 g/mol. The Bertz CT molecular complexity index is 1200. The van der Waals surface area contributed by atoms with Crippen molar-refractivity contribution in [2.75, 3.05) is 0 Å². The fraction of sp³-hybridized carbons (Fsp3) is 0.125. The molecule has 0 aliphatic carbocycles. The Labute approximate surface area is 200 Å².